The van der Waals surface area contributed by atoms with Crippen molar-refractivity contribution in [2.75, 3.05) is 25.5 Å². The number of halogens is 1. The molecule has 0 aliphatic rings. The van der Waals surface area contributed by atoms with Gasteiger partial charge in [-0.05, 0) is 32.9 Å². The van der Waals surface area contributed by atoms with Gasteiger partial charge >= 0.3 is 6.09 Å². The molecule has 0 spiro atoms. The van der Waals surface area contributed by atoms with Crippen molar-refractivity contribution in [1.29, 1.82) is 0 Å². The Morgan fingerprint density at radius 3 is 2.60 bits per heavy atom. The number of carbonyl (C=O) groups is 1. The Hall–Kier alpha value is -1.62. The number of amides is 1. The highest BCUT2D eigenvalue weighted by Crippen LogP contribution is 2.27. The largest absolute Gasteiger partial charge is 0.495 e. The molecule has 0 aromatic heterocycles. The van der Waals surface area contributed by atoms with Gasteiger partial charge in [0.25, 0.3) is 0 Å². The number of methoxy groups -OCH3 is 1. The minimum absolute atomic E-state index is 0.423. The molecule has 1 aromatic carbocycles. The third-order valence-electron chi connectivity index (χ3n) is 2.27. The van der Waals surface area contributed by atoms with Crippen molar-refractivity contribution in [2.24, 2.45) is 0 Å². The van der Waals surface area contributed by atoms with Gasteiger partial charge in [-0.1, -0.05) is 11.6 Å². The van der Waals surface area contributed by atoms with Gasteiger partial charge in [0.2, 0.25) is 0 Å². The quantitative estimate of drug-likeness (QED) is 0.819. The van der Waals surface area contributed by atoms with Crippen LogP contribution in [0.15, 0.2) is 18.2 Å². The highest BCUT2D eigenvalue weighted by atomic mass is 35.5. The molecular formula is C14H21ClN2O3. The average molecular weight is 301 g/mol. The van der Waals surface area contributed by atoms with Crippen LogP contribution < -0.4 is 15.4 Å². The number of nitrogens with one attached hydrogen (secondary N) is 2. The van der Waals surface area contributed by atoms with Gasteiger partial charge in [0.1, 0.15) is 11.4 Å². The predicted octanol–water partition coefficient (Wildman–Crippen LogP) is 3.29. The van der Waals surface area contributed by atoms with Crippen molar-refractivity contribution in [1.82, 2.24) is 5.32 Å². The Kier molecular flexibility index (Phi) is 5.95. The van der Waals surface area contributed by atoms with Crippen LogP contribution in [0.2, 0.25) is 5.02 Å². The molecule has 112 valence electrons. The fourth-order valence-corrected chi connectivity index (χ4v) is 1.65. The normalized spacial score (nSPS) is 10.8. The van der Waals surface area contributed by atoms with E-state index in [1.54, 1.807) is 19.2 Å². The number of benzene rings is 1. The molecule has 0 bridgehead atoms. The zero-order chi connectivity index (χ0) is 15.2. The molecule has 0 aliphatic carbocycles. The van der Waals surface area contributed by atoms with Crippen LogP contribution in [0.3, 0.4) is 0 Å². The first kappa shape index (κ1) is 16.4. The highest BCUT2D eigenvalue weighted by molar-refractivity contribution is 6.32. The minimum atomic E-state index is -0.485. The molecule has 0 heterocycles. The molecule has 0 saturated heterocycles. The van der Waals surface area contributed by atoms with Crippen LogP contribution in [0.1, 0.15) is 20.8 Å². The lowest BCUT2D eigenvalue weighted by atomic mass is 10.2. The van der Waals surface area contributed by atoms with E-state index < -0.39 is 11.7 Å². The first-order valence-corrected chi connectivity index (χ1v) is 6.74. The molecule has 1 aromatic rings. The van der Waals surface area contributed by atoms with E-state index in [1.165, 1.54) is 0 Å². The molecule has 6 heteroatoms. The molecule has 1 rings (SSSR count). The average Bonchev–Trinajstić information content (AvgIpc) is 2.34. The fraction of sp³-hybridized carbons (Fsp3) is 0.500. The maximum atomic E-state index is 11.4. The zero-order valence-electron chi connectivity index (χ0n) is 12.2. The van der Waals surface area contributed by atoms with Gasteiger partial charge in [0.05, 0.1) is 12.1 Å². The first-order valence-electron chi connectivity index (χ1n) is 6.36. The SMILES string of the molecule is COc1cc(NCCNC(=O)OC(C)(C)C)ccc1Cl. The highest BCUT2D eigenvalue weighted by Gasteiger charge is 2.15. The summed E-state index contributed by atoms with van der Waals surface area (Å²) in [7, 11) is 1.56. The van der Waals surface area contributed by atoms with Gasteiger partial charge in [0, 0.05) is 24.8 Å². The molecule has 1 amide bonds. The van der Waals surface area contributed by atoms with Gasteiger partial charge in [-0.2, -0.15) is 0 Å². The summed E-state index contributed by atoms with van der Waals surface area (Å²) >= 11 is 5.93. The monoisotopic (exact) mass is 300 g/mol. The smallest absolute Gasteiger partial charge is 0.407 e. The molecule has 20 heavy (non-hydrogen) atoms. The molecule has 0 radical (unpaired) electrons. The van der Waals surface area contributed by atoms with Crippen LogP contribution in [0.5, 0.6) is 5.75 Å². The van der Waals surface area contributed by atoms with E-state index in [0.717, 1.165) is 5.69 Å². The van der Waals surface area contributed by atoms with Crippen LogP contribution >= 0.6 is 11.6 Å². The van der Waals surface area contributed by atoms with Crippen LogP contribution in [0.25, 0.3) is 0 Å². The Bertz CT molecular complexity index is 458. The summed E-state index contributed by atoms with van der Waals surface area (Å²) < 4.78 is 10.3. The van der Waals surface area contributed by atoms with Crippen molar-refractivity contribution in [3.8, 4) is 5.75 Å². The van der Waals surface area contributed by atoms with Crippen molar-refractivity contribution in [2.45, 2.75) is 26.4 Å². The van der Waals surface area contributed by atoms with Crippen molar-refractivity contribution < 1.29 is 14.3 Å². The van der Waals surface area contributed by atoms with Crippen molar-refractivity contribution in [3.05, 3.63) is 23.2 Å². The predicted molar refractivity (Wildman–Crippen MR) is 80.7 cm³/mol. The van der Waals surface area contributed by atoms with E-state index in [9.17, 15) is 4.79 Å². The fourth-order valence-electron chi connectivity index (χ4n) is 1.46. The second kappa shape index (κ2) is 7.24. The minimum Gasteiger partial charge on any atom is -0.495 e. The third kappa shape index (κ3) is 6.02. The standard InChI is InChI=1S/C14H21ClN2O3/c1-14(2,3)20-13(18)17-8-7-16-10-5-6-11(15)12(9-10)19-4/h5-6,9,16H,7-8H2,1-4H3,(H,17,18). The maximum Gasteiger partial charge on any atom is 0.407 e. The van der Waals surface area contributed by atoms with Crippen molar-refractivity contribution >= 4 is 23.4 Å². The summed E-state index contributed by atoms with van der Waals surface area (Å²) in [6.45, 7) is 6.50. The van der Waals surface area contributed by atoms with Crippen molar-refractivity contribution in [3.63, 3.8) is 0 Å². The molecule has 2 N–H and O–H groups in total. The third-order valence-corrected chi connectivity index (χ3v) is 2.59. The summed E-state index contributed by atoms with van der Waals surface area (Å²) in [5, 5.41) is 6.38. The van der Waals surface area contributed by atoms with Crippen LogP contribution in [0, 0.1) is 0 Å². The lowest BCUT2D eigenvalue weighted by molar-refractivity contribution is 0.0530. The number of carbonyl (C=O) groups excluding carboxylic acids is 1. The molecule has 0 atom stereocenters. The summed E-state index contributed by atoms with van der Waals surface area (Å²) in [5.41, 5.74) is 0.387. The second-order valence-electron chi connectivity index (χ2n) is 5.20. The summed E-state index contributed by atoms with van der Waals surface area (Å²) in [6.07, 6.45) is -0.423. The van der Waals surface area contributed by atoms with E-state index in [0.29, 0.717) is 23.9 Å². The van der Waals surface area contributed by atoms with E-state index in [4.69, 9.17) is 21.1 Å². The Morgan fingerprint density at radius 1 is 1.30 bits per heavy atom. The maximum absolute atomic E-state index is 11.4. The van der Waals surface area contributed by atoms with Gasteiger partial charge in [-0.25, -0.2) is 4.79 Å². The van der Waals surface area contributed by atoms with E-state index in [1.807, 2.05) is 26.8 Å². The zero-order valence-corrected chi connectivity index (χ0v) is 13.0. The first-order chi connectivity index (χ1) is 9.31. The summed E-state index contributed by atoms with van der Waals surface area (Å²) in [4.78, 5) is 11.4. The van der Waals surface area contributed by atoms with Crippen LogP contribution in [-0.2, 0) is 4.74 Å². The van der Waals surface area contributed by atoms with Gasteiger partial charge in [0.15, 0.2) is 0 Å². The Morgan fingerprint density at radius 2 is 2.00 bits per heavy atom. The van der Waals surface area contributed by atoms with Crippen LogP contribution in [0.4, 0.5) is 10.5 Å². The van der Waals surface area contributed by atoms with E-state index in [-0.39, 0.29) is 0 Å². The molecule has 0 aliphatic heterocycles. The summed E-state index contributed by atoms with van der Waals surface area (Å²) in [6, 6.07) is 5.40. The van der Waals surface area contributed by atoms with E-state index >= 15 is 0 Å². The lowest BCUT2D eigenvalue weighted by Crippen LogP contribution is -2.34. The van der Waals surface area contributed by atoms with Gasteiger partial charge in [-0.15, -0.1) is 0 Å². The Labute approximate surface area is 124 Å². The Balaban J connectivity index is 2.33. The number of alkyl carbamates (subject to hydrolysis) is 1. The molecule has 0 unspecified atom stereocenters. The number of ether oxygens (including phenoxy) is 2. The summed E-state index contributed by atoms with van der Waals surface area (Å²) in [5.74, 6) is 0.608. The molecule has 0 saturated carbocycles. The molecule has 5 nitrogen and oxygen atoms in total. The van der Waals surface area contributed by atoms with Crippen LogP contribution in [-0.4, -0.2) is 31.9 Å². The van der Waals surface area contributed by atoms with E-state index in [2.05, 4.69) is 10.6 Å². The topological polar surface area (TPSA) is 59.6 Å². The second-order valence-corrected chi connectivity index (χ2v) is 5.61. The lowest BCUT2D eigenvalue weighted by Gasteiger charge is -2.19. The van der Waals surface area contributed by atoms with Gasteiger partial charge < -0.3 is 20.1 Å². The number of anilines is 1. The molecular weight excluding hydrogens is 280 g/mol. The van der Waals surface area contributed by atoms with Gasteiger partial charge in [-0.3, -0.25) is 0 Å². The number of hydrogen-bond acceptors (Lipinski definition) is 4. The molecule has 0 fully saturated rings. The number of rotatable bonds is 5. The number of hydrogen-bond donors (Lipinski definition) is 2.